The Labute approximate surface area is 129 Å². The average molecular weight is 332 g/mol. The second-order valence-electron chi connectivity index (χ2n) is 5.34. The smallest absolute Gasteiger partial charge is 0.349 e. The zero-order chi connectivity index (χ0) is 15.8. The lowest BCUT2D eigenvalue weighted by Gasteiger charge is -2.20. The Bertz CT molecular complexity index is 637. The van der Waals surface area contributed by atoms with Gasteiger partial charge in [0.15, 0.2) is 0 Å². The lowest BCUT2D eigenvalue weighted by atomic mass is 10.2. The molecule has 1 unspecified atom stereocenters. The van der Waals surface area contributed by atoms with Crippen LogP contribution in [0.4, 0.5) is 0 Å². The molecule has 1 aliphatic rings. The number of hydrogen-bond donors (Lipinski definition) is 0. The van der Waals surface area contributed by atoms with Crippen LogP contribution in [-0.2, 0) is 14.8 Å². The molecule has 2 heterocycles. The third-order valence-electron chi connectivity index (χ3n) is 3.74. The van der Waals surface area contributed by atoms with E-state index in [9.17, 15) is 13.2 Å². The average Bonchev–Trinajstić information content (AvgIpc) is 3.04. The predicted molar refractivity (Wildman–Crippen MR) is 81.2 cm³/mol. The molecule has 0 saturated carbocycles. The number of ether oxygens (including phenoxy) is 1. The van der Waals surface area contributed by atoms with Gasteiger partial charge in [-0.25, -0.2) is 13.2 Å². The molecule has 0 radical (unpaired) electrons. The second-order valence-corrected chi connectivity index (χ2v) is 8.09. The van der Waals surface area contributed by atoms with Gasteiger partial charge >= 0.3 is 5.97 Å². The van der Waals surface area contributed by atoms with Gasteiger partial charge in [-0.1, -0.05) is 0 Å². The topological polar surface area (TPSA) is 66.9 Å². The van der Waals surface area contributed by atoms with Crippen molar-refractivity contribution in [3.8, 4) is 0 Å². The molecular formula is C13H20N2O4S2. The first-order valence-electron chi connectivity index (χ1n) is 6.62. The first-order chi connectivity index (χ1) is 9.78. The zero-order valence-electron chi connectivity index (χ0n) is 12.6. The fraction of sp³-hybridized carbons (Fsp3) is 0.615. The number of nitrogens with zero attached hydrogens (tertiary/aromatic N) is 2. The highest BCUT2D eigenvalue weighted by molar-refractivity contribution is 7.89. The Balaban J connectivity index is 2.37. The van der Waals surface area contributed by atoms with Gasteiger partial charge in [-0.05, 0) is 38.4 Å². The summed E-state index contributed by atoms with van der Waals surface area (Å²) in [6.07, 6.45) is 0.795. The number of hydrogen-bond acceptors (Lipinski definition) is 6. The zero-order valence-corrected chi connectivity index (χ0v) is 14.3. The van der Waals surface area contributed by atoms with Crippen LogP contribution in [0.5, 0.6) is 0 Å². The molecule has 1 aliphatic heterocycles. The second kappa shape index (κ2) is 6.04. The molecular weight excluding hydrogens is 312 g/mol. The molecule has 1 saturated heterocycles. The van der Waals surface area contributed by atoms with Gasteiger partial charge in [-0.15, -0.1) is 11.3 Å². The highest BCUT2D eigenvalue weighted by Gasteiger charge is 2.37. The van der Waals surface area contributed by atoms with Gasteiger partial charge < -0.3 is 9.64 Å². The molecule has 0 amide bonds. The van der Waals surface area contributed by atoms with Crippen molar-refractivity contribution < 1.29 is 17.9 Å². The van der Waals surface area contributed by atoms with E-state index in [1.165, 1.54) is 11.4 Å². The van der Waals surface area contributed by atoms with E-state index in [1.54, 1.807) is 12.3 Å². The van der Waals surface area contributed by atoms with Crippen LogP contribution in [-0.4, -0.2) is 63.9 Å². The quantitative estimate of drug-likeness (QED) is 0.774. The molecule has 1 atom stereocenters. The van der Waals surface area contributed by atoms with E-state index in [-0.39, 0.29) is 15.8 Å². The Morgan fingerprint density at radius 3 is 2.67 bits per heavy atom. The SMILES string of the molecule is COC(=O)c1scc(C)c1S(=O)(=O)N1CCC(N(C)C)C1. The summed E-state index contributed by atoms with van der Waals surface area (Å²) in [4.78, 5) is 14.1. The van der Waals surface area contributed by atoms with Gasteiger partial charge in [0.1, 0.15) is 9.77 Å². The molecule has 0 spiro atoms. The third-order valence-corrected chi connectivity index (χ3v) is 7.00. The molecule has 0 aliphatic carbocycles. The van der Waals surface area contributed by atoms with Crippen molar-refractivity contribution in [3.05, 3.63) is 15.8 Å². The molecule has 0 aromatic carbocycles. The molecule has 2 rings (SSSR count). The van der Waals surface area contributed by atoms with E-state index in [0.29, 0.717) is 18.7 Å². The molecule has 8 heteroatoms. The highest BCUT2D eigenvalue weighted by Crippen LogP contribution is 2.32. The van der Waals surface area contributed by atoms with Crippen LogP contribution in [0.1, 0.15) is 21.7 Å². The monoisotopic (exact) mass is 332 g/mol. The fourth-order valence-electron chi connectivity index (χ4n) is 2.47. The molecule has 0 bridgehead atoms. The van der Waals surface area contributed by atoms with E-state index >= 15 is 0 Å². The van der Waals surface area contributed by atoms with Crippen LogP contribution < -0.4 is 0 Å². The van der Waals surface area contributed by atoms with Gasteiger partial charge in [0.05, 0.1) is 7.11 Å². The van der Waals surface area contributed by atoms with Crippen LogP contribution in [0.2, 0.25) is 0 Å². The maximum Gasteiger partial charge on any atom is 0.349 e. The molecule has 0 N–H and O–H groups in total. The van der Waals surface area contributed by atoms with Crippen LogP contribution >= 0.6 is 11.3 Å². The minimum Gasteiger partial charge on any atom is -0.465 e. The number of sulfonamides is 1. The summed E-state index contributed by atoms with van der Waals surface area (Å²) in [7, 11) is 1.48. The van der Waals surface area contributed by atoms with Crippen molar-refractivity contribution in [1.82, 2.24) is 9.21 Å². The summed E-state index contributed by atoms with van der Waals surface area (Å²) in [6.45, 7) is 2.63. The van der Waals surface area contributed by atoms with Gasteiger partial charge in [-0.3, -0.25) is 0 Å². The van der Waals surface area contributed by atoms with Crippen LogP contribution in [0.3, 0.4) is 0 Å². The van der Waals surface area contributed by atoms with Gasteiger partial charge in [0.25, 0.3) is 0 Å². The summed E-state index contributed by atoms with van der Waals surface area (Å²) in [5, 5.41) is 1.68. The van der Waals surface area contributed by atoms with Crippen molar-refractivity contribution in [2.45, 2.75) is 24.3 Å². The van der Waals surface area contributed by atoms with E-state index in [0.717, 1.165) is 17.8 Å². The van der Waals surface area contributed by atoms with Crippen molar-refractivity contribution in [1.29, 1.82) is 0 Å². The number of methoxy groups -OCH3 is 1. The van der Waals surface area contributed by atoms with E-state index in [4.69, 9.17) is 0 Å². The third kappa shape index (κ3) is 2.98. The maximum absolute atomic E-state index is 12.8. The number of esters is 1. The molecule has 6 nitrogen and oxygen atoms in total. The maximum atomic E-state index is 12.8. The Morgan fingerprint density at radius 1 is 1.48 bits per heavy atom. The van der Waals surface area contributed by atoms with Crippen molar-refractivity contribution in [3.63, 3.8) is 0 Å². The Morgan fingerprint density at radius 2 is 2.14 bits per heavy atom. The largest absolute Gasteiger partial charge is 0.465 e. The standard InChI is InChI=1S/C13H20N2O4S2/c1-9-8-20-11(13(16)19-4)12(9)21(17,18)15-6-5-10(7-15)14(2)3/h8,10H,5-7H2,1-4H3. The van der Waals surface area contributed by atoms with Crippen LogP contribution in [0.25, 0.3) is 0 Å². The summed E-state index contributed by atoms with van der Waals surface area (Å²) >= 11 is 1.11. The summed E-state index contributed by atoms with van der Waals surface area (Å²) in [6, 6.07) is 0.209. The Hall–Kier alpha value is -0.960. The Kier molecular flexibility index (Phi) is 4.72. The van der Waals surface area contributed by atoms with Crippen molar-refractivity contribution >= 4 is 27.3 Å². The van der Waals surface area contributed by atoms with E-state index < -0.39 is 16.0 Å². The molecule has 118 valence electrons. The molecule has 21 heavy (non-hydrogen) atoms. The fourth-order valence-corrected chi connectivity index (χ4v) is 5.62. The number of carbonyl (C=O) groups excluding carboxylic acids is 1. The summed E-state index contributed by atoms with van der Waals surface area (Å²) in [5.41, 5.74) is 0.591. The number of carbonyl (C=O) groups is 1. The number of likely N-dealkylation sites (N-methyl/N-ethyl adjacent to an activating group) is 1. The van der Waals surface area contributed by atoms with Crippen LogP contribution in [0, 0.1) is 6.92 Å². The first-order valence-corrected chi connectivity index (χ1v) is 8.94. The predicted octanol–water partition coefficient (Wildman–Crippen LogP) is 1.17. The lowest BCUT2D eigenvalue weighted by Crippen LogP contribution is -2.35. The van der Waals surface area contributed by atoms with Gasteiger partial charge in [0, 0.05) is 19.1 Å². The molecule has 1 fully saturated rings. The number of aryl methyl sites for hydroxylation is 1. The lowest BCUT2D eigenvalue weighted by molar-refractivity contribution is 0.0602. The van der Waals surface area contributed by atoms with Gasteiger partial charge in [0.2, 0.25) is 10.0 Å². The summed E-state index contributed by atoms with van der Waals surface area (Å²) in [5.74, 6) is -0.602. The van der Waals surface area contributed by atoms with Crippen LogP contribution in [0.15, 0.2) is 10.3 Å². The minimum atomic E-state index is -3.66. The molecule has 1 aromatic rings. The highest BCUT2D eigenvalue weighted by atomic mass is 32.2. The van der Waals surface area contributed by atoms with Gasteiger partial charge in [-0.2, -0.15) is 4.31 Å². The summed E-state index contributed by atoms with van der Waals surface area (Å²) < 4.78 is 31.8. The van der Waals surface area contributed by atoms with E-state index in [2.05, 4.69) is 4.74 Å². The number of rotatable bonds is 4. The van der Waals surface area contributed by atoms with E-state index in [1.807, 2.05) is 19.0 Å². The molecule has 1 aromatic heterocycles. The number of thiophene rings is 1. The minimum absolute atomic E-state index is 0.0961. The first kappa shape index (κ1) is 16.4. The van der Waals surface area contributed by atoms with Crippen molar-refractivity contribution in [2.75, 3.05) is 34.3 Å². The van der Waals surface area contributed by atoms with Crippen molar-refractivity contribution in [2.24, 2.45) is 0 Å². The normalized spacial score (nSPS) is 20.1.